The second-order valence-corrected chi connectivity index (χ2v) is 14.3. The number of sulfonamides is 1. The van der Waals surface area contributed by atoms with E-state index in [0.717, 1.165) is 5.01 Å². The van der Waals surface area contributed by atoms with Crippen molar-refractivity contribution in [2.75, 3.05) is 19.4 Å². The molecule has 2 amide bonds. The number of halogens is 1. The van der Waals surface area contributed by atoms with E-state index in [4.69, 9.17) is 21.5 Å². The minimum Gasteiger partial charge on any atom is -0.497 e. The normalized spacial score (nSPS) is 18.2. The van der Waals surface area contributed by atoms with Crippen LogP contribution in [0.3, 0.4) is 0 Å². The Kier molecular flexibility index (Phi) is 8.78. The molecule has 3 aromatic carbocycles. The third-order valence-electron chi connectivity index (χ3n) is 6.92. The highest BCUT2D eigenvalue weighted by molar-refractivity contribution is 7.93. The van der Waals surface area contributed by atoms with Crippen molar-refractivity contribution in [2.45, 2.75) is 29.5 Å². The number of sulfone groups is 1. The fraction of sp³-hybridized carbons (Fsp3) is 0.286. The second kappa shape index (κ2) is 11.8. The van der Waals surface area contributed by atoms with Gasteiger partial charge in [0.15, 0.2) is 14.6 Å². The van der Waals surface area contributed by atoms with E-state index < -0.39 is 42.4 Å². The minimum absolute atomic E-state index is 0.0106. The smallest absolute Gasteiger partial charge is 0.338 e. The fourth-order valence-electron chi connectivity index (χ4n) is 4.68. The van der Waals surface area contributed by atoms with E-state index in [0.29, 0.717) is 21.9 Å². The molecule has 4 rings (SSSR count). The van der Waals surface area contributed by atoms with Gasteiger partial charge >= 0.3 is 6.03 Å². The maximum Gasteiger partial charge on any atom is 0.338 e. The summed E-state index contributed by atoms with van der Waals surface area (Å²) in [7, 11) is -6.68. The van der Waals surface area contributed by atoms with E-state index in [2.05, 4.69) is 10.4 Å². The second-order valence-electron chi connectivity index (χ2n) is 10.0. The molecule has 0 saturated carbocycles. The van der Waals surface area contributed by atoms with Gasteiger partial charge in [0, 0.05) is 16.6 Å². The highest BCUT2D eigenvalue weighted by Crippen LogP contribution is 2.44. The summed E-state index contributed by atoms with van der Waals surface area (Å²) in [6, 6.07) is 19.4. The lowest BCUT2D eigenvalue weighted by molar-refractivity contribution is 0.196. The van der Waals surface area contributed by atoms with Crippen LogP contribution in [0.2, 0.25) is 5.02 Å². The molecular formula is C28H31ClN4O6S2. The molecule has 1 heterocycles. The van der Waals surface area contributed by atoms with E-state index in [-0.39, 0.29) is 23.1 Å². The quantitative estimate of drug-likeness (QED) is 0.373. The molecule has 3 N–H and O–H groups in total. The minimum atomic E-state index is -4.28. The van der Waals surface area contributed by atoms with Gasteiger partial charge in [0.2, 0.25) is 10.0 Å². The Balaban J connectivity index is 1.91. The predicted octanol–water partition coefficient (Wildman–Crippen LogP) is 3.76. The van der Waals surface area contributed by atoms with Crippen LogP contribution in [-0.2, 0) is 24.6 Å². The summed E-state index contributed by atoms with van der Waals surface area (Å²) < 4.78 is 56.4. The lowest BCUT2D eigenvalue weighted by Crippen LogP contribution is -2.51. The van der Waals surface area contributed by atoms with Crippen LogP contribution in [0.4, 0.5) is 4.79 Å². The number of ether oxygens (including phenoxy) is 1. The van der Waals surface area contributed by atoms with Gasteiger partial charge in [0.05, 0.1) is 30.0 Å². The number of hydrogen-bond donors (Lipinski definition) is 2. The first-order chi connectivity index (χ1) is 19.3. The number of amides is 2. The zero-order chi connectivity index (χ0) is 30.0. The van der Waals surface area contributed by atoms with Gasteiger partial charge in [-0.3, -0.25) is 0 Å². The number of methoxy groups -OCH3 is 1. The van der Waals surface area contributed by atoms with Crippen LogP contribution in [-0.4, -0.2) is 59.0 Å². The van der Waals surface area contributed by atoms with Crippen LogP contribution in [0, 0.1) is 5.92 Å². The van der Waals surface area contributed by atoms with Crippen molar-refractivity contribution >= 4 is 43.2 Å². The number of primary sulfonamides is 1. The Morgan fingerprint density at radius 2 is 1.63 bits per heavy atom. The number of hydrazone groups is 1. The zero-order valence-electron chi connectivity index (χ0n) is 22.7. The van der Waals surface area contributed by atoms with E-state index in [1.54, 1.807) is 68.4 Å². The third-order valence-corrected chi connectivity index (χ3v) is 10.4. The molecule has 218 valence electrons. The molecule has 0 aliphatic carbocycles. The summed E-state index contributed by atoms with van der Waals surface area (Å²) in [4.78, 5) is 13.6. The number of hydrogen-bond acceptors (Lipinski definition) is 7. The summed E-state index contributed by atoms with van der Waals surface area (Å²) in [5.74, 6) is -0.233. The summed E-state index contributed by atoms with van der Waals surface area (Å²) in [6.45, 7) is 3.10. The van der Waals surface area contributed by atoms with Gasteiger partial charge in [-0.1, -0.05) is 55.8 Å². The number of rotatable bonds is 9. The monoisotopic (exact) mass is 618 g/mol. The van der Waals surface area contributed by atoms with Crippen LogP contribution in [0.15, 0.2) is 88.9 Å². The Hall–Kier alpha value is -3.45. The van der Waals surface area contributed by atoms with E-state index in [1.165, 1.54) is 31.4 Å². The van der Waals surface area contributed by atoms with E-state index >= 15 is 0 Å². The fourth-order valence-corrected chi connectivity index (χ4v) is 7.82. The first-order valence-corrected chi connectivity index (χ1v) is 16.2. The summed E-state index contributed by atoms with van der Waals surface area (Å²) >= 11 is 6.07. The first-order valence-electron chi connectivity index (χ1n) is 12.7. The number of carbonyl (C=O) groups excluding carboxylic acids is 1. The Labute approximate surface area is 245 Å². The summed E-state index contributed by atoms with van der Waals surface area (Å²) in [5.41, 5.74) is 0.959. The number of nitrogens with two attached hydrogens (primary N) is 1. The van der Waals surface area contributed by atoms with Crippen LogP contribution in [0.5, 0.6) is 5.75 Å². The first kappa shape index (κ1) is 30.5. The number of nitrogens with one attached hydrogen (secondary N) is 1. The topological polar surface area (TPSA) is 148 Å². The molecule has 0 aromatic heterocycles. The molecular weight excluding hydrogens is 588 g/mol. The third kappa shape index (κ3) is 6.25. The SMILES string of the molecule is COc1ccc(C2=NN(C(=O)N[C@H](CS(N)(=O)=O)C(C)C)CC2(c2ccccc2)S(=O)(=O)c2ccc(Cl)cc2)cc1. The lowest BCUT2D eigenvalue weighted by atomic mass is 9.89. The average molecular weight is 619 g/mol. The van der Waals surface area contributed by atoms with Crippen molar-refractivity contribution in [1.29, 1.82) is 0 Å². The van der Waals surface area contributed by atoms with Crippen molar-refractivity contribution in [3.63, 3.8) is 0 Å². The summed E-state index contributed by atoms with van der Waals surface area (Å²) in [6.07, 6.45) is 0. The highest BCUT2D eigenvalue weighted by Gasteiger charge is 2.56. The predicted molar refractivity (Wildman–Crippen MR) is 158 cm³/mol. The number of benzene rings is 3. The highest BCUT2D eigenvalue weighted by atomic mass is 35.5. The number of urea groups is 1. The number of nitrogens with zero attached hydrogens (tertiary/aromatic N) is 2. The van der Waals surface area contributed by atoms with Gasteiger partial charge in [-0.25, -0.2) is 31.8 Å². The van der Waals surface area contributed by atoms with Gasteiger partial charge < -0.3 is 10.1 Å². The molecule has 0 fully saturated rings. The van der Waals surface area contributed by atoms with Crippen molar-refractivity contribution in [2.24, 2.45) is 16.2 Å². The van der Waals surface area contributed by atoms with E-state index in [1.807, 2.05) is 0 Å². The van der Waals surface area contributed by atoms with Crippen molar-refractivity contribution in [3.8, 4) is 5.75 Å². The largest absolute Gasteiger partial charge is 0.497 e. The zero-order valence-corrected chi connectivity index (χ0v) is 25.1. The molecule has 2 atom stereocenters. The number of carbonyl (C=O) groups is 1. The van der Waals surface area contributed by atoms with Crippen LogP contribution < -0.4 is 15.2 Å². The lowest BCUT2D eigenvalue weighted by Gasteiger charge is -2.32. The van der Waals surface area contributed by atoms with Crippen LogP contribution >= 0.6 is 11.6 Å². The Morgan fingerprint density at radius 3 is 2.17 bits per heavy atom. The molecule has 1 unspecified atom stereocenters. The van der Waals surface area contributed by atoms with Crippen LogP contribution in [0.25, 0.3) is 0 Å². The molecule has 10 nitrogen and oxygen atoms in total. The molecule has 1 aliphatic heterocycles. The van der Waals surface area contributed by atoms with Gasteiger partial charge in [0.25, 0.3) is 0 Å². The van der Waals surface area contributed by atoms with Crippen molar-refractivity contribution < 1.29 is 26.4 Å². The maximum absolute atomic E-state index is 14.7. The maximum atomic E-state index is 14.7. The molecule has 0 spiro atoms. The van der Waals surface area contributed by atoms with Crippen LogP contribution in [0.1, 0.15) is 25.0 Å². The van der Waals surface area contributed by atoms with Gasteiger partial charge in [-0.15, -0.1) is 0 Å². The van der Waals surface area contributed by atoms with E-state index in [9.17, 15) is 21.6 Å². The molecule has 1 aliphatic rings. The Bertz CT molecular complexity index is 1650. The molecule has 13 heteroatoms. The van der Waals surface area contributed by atoms with Crippen molar-refractivity contribution in [3.05, 3.63) is 95.0 Å². The van der Waals surface area contributed by atoms with Crippen molar-refractivity contribution in [1.82, 2.24) is 10.3 Å². The summed E-state index contributed by atoms with van der Waals surface area (Å²) in [5, 5.41) is 13.9. The van der Waals surface area contributed by atoms with Gasteiger partial charge in [-0.2, -0.15) is 5.10 Å². The molecule has 3 aromatic rings. The molecule has 0 radical (unpaired) electrons. The standard InChI is InChI=1S/C28H31ClN4O6S2/c1-19(2)25(17-40(30,35)36)31-27(34)33-18-28(21-7-5-4-6-8-21,41(37,38)24-15-11-22(29)12-16-24)26(32-33)20-9-13-23(39-3)14-10-20/h4-16,19,25H,17-18H2,1-3H3,(H,31,34)(H2,30,35,36)/t25-,28?/m1/s1. The van der Waals surface area contributed by atoms with Gasteiger partial charge in [-0.05, 0) is 60.0 Å². The molecule has 0 bridgehead atoms. The average Bonchev–Trinajstić information content (AvgIpc) is 3.35. The van der Waals surface area contributed by atoms with Gasteiger partial charge in [0.1, 0.15) is 5.75 Å². The molecule has 41 heavy (non-hydrogen) atoms. The Morgan fingerprint density at radius 1 is 1.02 bits per heavy atom. The molecule has 0 saturated heterocycles.